The molecule has 0 radical (unpaired) electrons. The first-order valence-corrected chi connectivity index (χ1v) is 8.63. The van der Waals surface area contributed by atoms with Gasteiger partial charge in [-0.15, -0.1) is 0 Å². The van der Waals surface area contributed by atoms with Crippen molar-refractivity contribution in [1.29, 1.82) is 0 Å². The minimum absolute atomic E-state index is 0.265. The number of rotatable bonds is 4. The predicted octanol–water partition coefficient (Wildman–Crippen LogP) is 3.96. The van der Waals surface area contributed by atoms with E-state index in [0.29, 0.717) is 0 Å². The van der Waals surface area contributed by atoms with Gasteiger partial charge in [0.2, 0.25) is 0 Å². The van der Waals surface area contributed by atoms with Crippen molar-refractivity contribution in [1.82, 2.24) is 10.3 Å². The standard InChI is InChI=1S/C21H22N2O/c24-20(18-7-8-19-17(13-18)9-12-23-19)21(10-4-11-22-15-21)14-16-5-2-1-3-6-16/h1-3,5-9,12-13,22-23H,4,10-11,14-15H2/t21-/m0/s1. The number of carbonyl (C=O) groups is 1. The first-order chi connectivity index (χ1) is 11.8. The number of aromatic nitrogens is 1. The van der Waals surface area contributed by atoms with Crippen LogP contribution in [0.5, 0.6) is 0 Å². The van der Waals surface area contributed by atoms with Crippen LogP contribution in [0, 0.1) is 5.41 Å². The van der Waals surface area contributed by atoms with Crippen molar-refractivity contribution >= 4 is 16.7 Å². The number of carbonyl (C=O) groups excluding carboxylic acids is 1. The van der Waals surface area contributed by atoms with Gasteiger partial charge in [0.15, 0.2) is 5.78 Å². The Morgan fingerprint density at radius 2 is 1.96 bits per heavy atom. The third-order valence-electron chi connectivity index (χ3n) is 5.15. The highest BCUT2D eigenvalue weighted by molar-refractivity contribution is 6.03. The highest BCUT2D eigenvalue weighted by atomic mass is 16.1. The van der Waals surface area contributed by atoms with Crippen molar-refractivity contribution in [3.8, 4) is 0 Å². The third-order valence-corrected chi connectivity index (χ3v) is 5.15. The second-order valence-corrected chi connectivity index (χ2v) is 6.83. The van der Waals surface area contributed by atoms with Crippen molar-refractivity contribution in [3.05, 3.63) is 71.9 Å². The van der Waals surface area contributed by atoms with Gasteiger partial charge in [0.05, 0.1) is 5.41 Å². The van der Waals surface area contributed by atoms with E-state index in [2.05, 4.69) is 34.6 Å². The van der Waals surface area contributed by atoms with Crippen LogP contribution in [0.15, 0.2) is 60.8 Å². The zero-order chi connectivity index (χ0) is 16.4. The molecule has 1 fully saturated rings. The summed E-state index contributed by atoms with van der Waals surface area (Å²) in [5.74, 6) is 0.265. The Morgan fingerprint density at radius 3 is 2.75 bits per heavy atom. The largest absolute Gasteiger partial charge is 0.361 e. The van der Waals surface area contributed by atoms with Gasteiger partial charge >= 0.3 is 0 Å². The summed E-state index contributed by atoms with van der Waals surface area (Å²) in [6.45, 7) is 1.76. The SMILES string of the molecule is O=C(c1ccc2[nH]ccc2c1)[C@]1(Cc2ccccc2)CCCNC1. The average Bonchev–Trinajstić information content (AvgIpc) is 3.10. The monoisotopic (exact) mass is 318 g/mol. The molecule has 0 bridgehead atoms. The predicted molar refractivity (Wildman–Crippen MR) is 97.3 cm³/mol. The van der Waals surface area contributed by atoms with Crippen LogP contribution >= 0.6 is 0 Å². The normalized spacial score (nSPS) is 21.0. The van der Waals surface area contributed by atoms with Crippen LogP contribution in [0.4, 0.5) is 0 Å². The number of H-pyrrole nitrogens is 1. The fourth-order valence-electron chi connectivity index (χ4n) is 3.88. The lowest BCUT2D eigenvalue weighted by Gasteiger charge is -2.36. The van der Waals surface area contributed by atoms with Crippen LogP contribution in [0.25, 0.3) is 10.9 Å². The van der Waals surface area contributed by atoms with Crippen molar-refractivity contribution in [2.75, 3.05) is 13.1 Å². The summed E-state index contributed by atoms with van der Waals surface area (Å²) in [6.07, 6.45) is 4.70. The Balaban J connectivity index is 1.70. The van der Waals surface area contributed by atoms with E-state index < -0.39 is 0 Å². The molecule has 0 spiro atoms. The number of Topliss-reactive ketones (excluding diaryl/α,β-unsaturated/α-hetero) is 1. The molecule has 1 aliphatic heterocycles. The van der Waals surface area contributed by atoms with Crippen LogP contribution in [0.2, 0.25) is 0 Å². The first-order valence-electron chi connectivity index (χ1n) is 8.63. The summed E-state index contributed by atoms with van der Waals surface area (Å²) in [7, 11) is 0. The van der Waals surface area contributed by atoms with Crippen LogP contribution in [-0.2, 0) is 6.42 Å². The number of piperidine rings is 1. The van der Waals surface area contributed by atoms with Crippen molar-refractivity contribution < 1.29 is 4.79 Å². The molecule has 1 saturated heterocycles. The first kappa shape index (κ1) is 15.2. The topological polar surface area (TPSA) is 44.9 Å². The molecule has 2 heterocycles. The van der Waals surface area contributed by atoms with Gasteiger partial charge in [-0.2, -0.15) is 0 Å². The number of hydrogen-bond donors (Lipinski definition) is 2. The van der Waals surface area contributed by atoms with E-state index in [1.807, 2.05) is 36.5 Å². The number of nitrogens with one attached hydrogen (secondary N) is 2. The lowest BCUT2D eigenvalue weighted by Crippen LogP contribution is -2.47. The number of benzene rings is 2. The second-order valence-electron chi connectivity index (χ2n) is 6.83. The molecule has 0 aliphatic carbocycles. The molecule has 3 heteroatoms. The van der Waals surface area contributed by atoms with Crippen LogP contribution in [0.3, 0.4) is 0 Å². The number of hydrogen-bond acceptors (Lipinski definition) is 2. The molecule has 1 aliphatic rings. The van der Waals surface area contributed by atoms with E-state index in [9.17, 15) is 4.79 Å². The summed E-state index contributed by atoms with van der Waals surface area (Å²) in [5.41, 5.74) is 2.79. The highest BCUT2D eigenvalue weighted by Crippen LogP contribution is 2.35. The van der Waals surface area contributed by atoms with Gasteiger partial charge < -0.3 is 10.3 Å². The fraction of sp³-hybridized carbons (Fsp3) is 0.286. The van der Waals surface area contributed by atoms with Crippen molar-refractivity contribution in [2.45, 2.75) is 19.3 Å². The van der Waals surface area contributed by atoms with Crippen molar-refractivity contribution in [3.63, 3.8) is 0 Å². The van der Waals surface area contributed by atoms with E-state index in [0.717, 1.165) is 48.8 Å². The average molecular weight is 318 g/mol. The minimum Gasteiger partial charge on any atom is -0.361 e. The zero-order valence-electron chi connectivity index (χ0n) is 13.7. The van der Waals surface area contributed by atoms with Crippen LogP contribution in [0.1, 0.15) is 28.8 Å². The Bertz CT molecular complexity index is 844. The Kier molecular flexibility index (Phi) is 3.95. The molecule has 0 saturated carbocycles. The smallest absolute Gasteiger partial charge is 0.170 e. The zero-order valence-corrected chi connectivity index (χ0v) is 13.7. The summed E-state index contributed by atoms with van der Waals surface area (Å²) in [6, 6.07) is 18.4. The highest BCUT2D eigenvalue weighted by Gasteiger charge is 2.40. The van der Waals surface area contributed by atoms with Gasteiger partial charge in [-0.05, 0) is 55.6 Å². The van der Waals surface area contributed by atoms with Gasteiger partial charge in [0.1, 0.15) is 0 Å². The molecule has 1 atom stereocenters. The van der Waals surface area contributed by atoms with E-state index in [-0.39, 0.29) is 11.2 Å². The molecule has 0 unspecified atom stereocenters. The lowest BCUT2D eigenvalue weighted by molar-refractivity contribution is 0.0738. The molecule has 3 nitrogen and oxygen atoms in total. The van der Waals surface area contributed by atoms with Gasteiger partial charge in [-0.25, -0.2) is 0 Å². The van der Waals surface area contributed by atoms with Gasteiger partial charge in [-0.1, -0.05) is 30.3 Å². The Hall–Kier alpha value is -2.39. The van der Waals surface area contributed by atoms with E-state index in [4.69, 9.17) is 0 Å². The molecule has 1 aromatic heterocycles. The van der Waals surface area contributed by atoms with Gasteiger partial charge in [0.25, 0.3) is 0 Å². The number of fused-ring (bicyclic) bond motifs is 1. The van der Waals surface area contributed by atoms with Gasteiger partial charge in [-0.3, -0.25) is 4.79 Å². The minimum atomic E-state index is -0.344. The summed E-state index contributed by atoms with van der Waals surface area (Å²) in [5, 5.41) is 4.55. The summed E-state index contributed by atoms with van der Waals surface area (Å²) < 4.78 is 0. The van der Waals surface area contributed by atoms with Crippen LogP contribution < -0.4 is 5.32 Å². The van der Waals surface area contributed by atoms with Crippen molar-refractivity contribution in [2.24, 2.45) is 5.41 Å². The number of ketones is 1. The second kappa shape index (κ2) is 6.25. The maximum Gasteiger partial charge on any atom is 0.170 e. The van der Waals surface area contributed by atoms with E-state index in [1.54, 1.807) is 0 Å². The Morgan fingerprint density at radius 1 is 1.08 bits per heavy atom. The maximum absolute atomic E-state index is 13.4. The molecule has 24 heavy (non-hydrogen) atoms. The molecule has 4 rings (SSSR count). The van der Waals surface area contributed by atoms with Gasteiger partial charge in [0, 0.05) is 29.2 Å². The molecule has 2 N–H and O–H groups in total. The van der Waals surface area contributed by atoms with Crippen LogP contribution in [-0.4, -0.2) is 23.9 Å². The molecular weight excluding hydrogens is 296 g/mol. The third kappa shape index (κ3) is 2.76. The molecule has 3 aromatic rings. The quantitative estimate of drug-likeness (QED) is 0.715. The maximum atomic E-state index is 13.4. The molecular formula is C21H22N2O. The fourth-order valence-corrected chi connectivity index (χ4v) is 3.88. The molecule has 0 amide bonds. The Labute approximate surface area is 142 Å². The van der Waals surface area contributed by atoms with E-state index in [1.165, 1.54) is 5.56 Å². The summed E-state index contributed by atoms with van der Waals surface area (Å²) in [4.78, 5) is 16.6. The number of aromatic amines is 1. The molecule has 2 aromatic carbocycles. The summed E-state index contributed by atoms with van der Waals surface area (Å²) >= 11 is 0. The van der Waals surface area contributed by atoms with E-state index >= 15 is 0 Å². The lowest BCUT2D eigenvalue weighted by atomic mass is 9.70. The molecule has 122 valence electrons.